The fourth-order valence-electron chi connectivity index (χ4n) is 2.28. The zero-order chi connectivity index (χ0) is 14.6. The van der Waals surface area contributed by atoms with Gasteiger partial charge in [-0.3, -0.25) is 0 Å². The molecule has 0 amide bonds. The van der Waals surface area contributed by atoms with Crippen molar-refractivity contribution in [3.63, 3.8) is 0 Å². The molecule has 0 spiro atoms. The van der Waals surface area contributed by atoms with Gasteiger partial charge in [-0.05, 0) is 12.8 Å². The SMILES string of the molecule is CC(C)(C)c1csc(CN=C(N)N2CCCCCC2)n1.I. The van der Waals surface area contributed by atoms with Crippen molar-refractivity contribution >= 4 is 41.3 Å². The van der Waals surface area contributed by atoms with Gasteiger partial charge in [0, 0.05) is 23.9 Å². The number of aliphatic imine (C=N–C) groups is 1. The molecule has 21 heavy (non-hydrogen) atoms. The molecule has 2 rings (SSSR count). The summed E-state index contributed by atoms with van der Waals surface area (Å²) in [7, 11) is 0. The van der Waals surface area contributed by atoms with Crippen LogP contribution in [-0.2, 0) is 12.0 Å². The first-order valence-corrected chi connectivity index (χ1v) is 8.34. The van der Waals surface area contributed by atoms with Gasteiger partial charge in [-0.1, -0.05) is 33.6 Å². The largest absolute Gasteiger partial charge is 0.370 e. The van der Waals surface area contributed by atoms with E-state index in [1.165, 1.54) is 25.7 Å². The van der Waals surface area contributed by atoms with Crippen LogP contribution >= 0.6 is 35.3 Å². The van der Waals surface area contributed by atoms with Crippen molar-refractivity contribution in [3.05, 3.63) is 16.1 Å². The lowest BCUT2D eigenvalue weighted by molar-refractivity contribution is 0.428. The van der Waals surface area contributed by atoms with Crippen molar-refractivity contribution in [3.8, 4) is 0 Å². The van der Waals surface area contributed by atoms with Gasteiger partial charge in [-0.15, -0.1) is 35.3 Å². The molecule has 6 heteroatoms. The maximum atomic E-state index is 6.11. The molecule has 1 saturated heterocycles. The molecule has 1 aromatic heterocycles. The highest BCUT2D eigenvalue weighted by molar-refractivity contribution is 14.0. The monoisotopic (exact) mass is 422 g/mol. The number of hydrogen-bond donors (Lipinski definition) is 1. The Labute approximate surface area is 149 Å². The second-order valence-electron chi connectivity index (χ2n) is 6.45. The summed E-state index contributed by atoms with van der Waals surface area (Å²) in [6.45, 7) is 9.23. The third kappa shape index (κ3) is 5.73. The van der Waals surface area contributed by atoms with Gasteiger partial charge < -0.3 is 10.6 Å². The highest BCUT2D eigenvalue weighted by Crippen LogP contribution is 2.24. The molecular weight excluding hydrogens is 395 g/mol. The molecule has 0 saturated carbocycles. The molecule has 0 unspecified atom stereocenters. The summed E-state index contributed by atoms with van der Waals surface area (Å²) in [5.41, 5.74) is 7.36. The Morgan fingerprint density at radius 1 is 1.29 bits per heavy atom. The third-order valence-electron chi connectivity index (χ3n) is 3.63. The molecule has 0 bridgehead atoms. The van der Waals surface area contributed by atoms with Gasteiger partial charge in [0.2, 0.25) is 0 Å². The summed E-state index contributed by atoms with van der Waals surface area (Å²) in [4.78, 5) is 11.4. The second kappa shape index (κ2) is 8.31. The summed E-state index contributed by atoms with van der Waals surface area (Å²) >= 11 is 1.68. The Hall–Kier alpha value is -0.370. The molecule has 0 radical (unpaired) electrons. The van der Waals surface area contributed by atoms with Crippen molar-refractivity contribution in [2.45, 2.75) is 58.4 Å². The first-order chi connectivity index (χ1) is 9.47. The molecule has 120 valence electrons. The minimum atomic E-state index is 0. The van der Waals surface area contributed by atoms with Crippen LogP contribution in [0.3, 0.4) is 0 Å². The van der Waals surface area contributed by atoms with Gasteiger partial charge in [-0.2, -0.15) is 0 Å². The highest BCUT2D eigenvalue weighted by Gasteiger charge is 2.17. The van der Waals surface area contributed by atoms with Crippen molar-refractivity contribution in [2.75, 3.05) is 13.1 Å². The van der Waals surface area contributed by atoms with Gasteiger partial charge in [0.25, 0.3) is 0 Å². The number of nitrogens with zero attached hydrogens (tertiary/aromatic N) is 3. The summed E-state index contributed by atoms with van der Waals surface area (Å²) < 4.78 is 0. The molecule has 0 atom stereocenters. The zero-order valence-corrected chi connectivity index (χ0v) is 16.4. The first-order valence-electron chi connectivity index (χ1n) is 7.46. The molecular formula is C15H27IN4S. The lowest BCUT2D eigenvalue weighted by atomic mass is 9.93. The summed E-state index contributed by atoms with van der Waals surface area (Å²) in [5.74, 6) is 0.680. The standard InChI is InChI=1S/C15H26N4S.HI/c1-15(2,3)12-11-20-13(18-12)10-17-14(16)19-8-6-4-5-7-9-19;/h11H,4-10H2,1-3H3,(H2,16,17);1H. The van der Waals surface area contributed by atoms with Crippen LogP contribution in [0.2, 0.25) is 0 Å². The number of halogens is 1. The van der Waals surface area contributed by atoms with Crippen LogP contribution in [0.4, 0.5) is 0 Å². The van der Waals surface area contributed by atoms with Crippen molar-refractivity contribution in [1.82, 2.24) is 9.88 Å². The second-order valence-corrected chi connectivity index (χ2v) is 7.39. The summed E-state index contributed by atoms with van der Waals surface area (Å²) in [6.07, 6.45) is 5.07. The zero-order valence-electron chi connectivity index (χ0n) is 13.3. The lowest BCUT2D eigenvalue weighted by Crippen LogP contribution is -2.38. The minimum Gasteiger partial charge on any atom is -0.370 e. The van der Waals surface area contributed by atoms with Crippen molar-refractivity contribution < 1.29 is 0 Å². The van der Waals surface area contributed by atoms with Crippen LogP contribution < -0.4 is 5.73 Å². The molecule has 0 aromatic carbocycles. The van der Waals surface area contributed by atoms with Crippen LogP contribution in [0.15, 0.2) is 10.4 Å². The van der Waals surface area contributed by atoms with Crippen LogP contribution in [0.1, 0.15) is 57.2 Å². The van der Waals surface area contributed by atoms with Gasteiger partial charge in [0.05, 0.1) is 12.2 Å². The molecule has 1 fully saturated rings. The number of rotatable bonds is 2. The Morgan fingerprint density at radius 3 is 2.43 bits per heavy atom. The van der Waals surface area contributed by atoms with E-state index >= 15 is 0 Å². The van der Waals surface area contributed by atoms with E-state index in [2.05, 4.69) is 41.0 Å². The number of guanidine groups is 1. The predicted octanol–water partition coefficient (Wildman–Crippen LogP) is 3.75. The third-order valence-corrected chi connectivity index (χ3v) is 4.46. The normalized spacial score (nSPS) is 17.3. The van der Waals surface area contributed by atoms with Gasteiger partial charge >= 0.3 is 0 Å². The molecule has 0 aliphatic carbocycles. The van der Waals surface area contributed by atoms with Crippen LogP contribution in [0, 0.1) is 0 Å². The van der Waals surface area contributed by atoms with E-state index in [0.717, 1.165) is 23.8 Å². The first kappa shape index (κ1) is 18.7. The van der Waals surface area contributed by atoms with Crippen molar-refractivity contribution in [1.29, 1.82) is 0 Å². The van der Waals surface area contributed by atoms with E-state index in [0.29, 0.717) is 12.5 Å². The Morgan fingerprint density at radius 2 is 1.90 bits per heavy atom. The maximum absolute atomic E-state index is 6.11. The average molecular weight is 422 g/mol. The minimum absolute atomic E-state index is 0. The fraction of sp³-hybridized carbons (Fsp3) is 0.733. The van der Waals surface area contributed by atoms with Crippen LogP contribution in [-0.4, -0.2) is 28.9 Å². The molecule has 4 nitrogen and oxygen atoms in total. The Bertz CT molecular complexity index is 456. The number of aromatic nitrogens is 1. The molecule has 1 aliphatic rings. The van der Waals surface area contributed by atoms with Gasteiger partial charge in [0.15, 0.2) is 5.96 Å². The number of hydrogen-bond acceptors (Lipinski definition) is 3. The number of likely N-dealkylation sites (tertiary alicyclic amines) is 1. The van der Waals surface area contributed by atoms with E-state index in [1.54, 1.807) is 11.3 Å². The predicted molar refractivity (Wildman–Crippen MR) is 102 cm³/mol. The van der Waals surface area contributed by atoms with Crippen LogP contribution in [0.5, 0.6) is 0 Å². The van der Waals surface area contributed by atoms with E-state index in [4.69, 9.17) is 5.73 Å². The number of thiazole rings is 1. The van der Waals surface area contributed by atoms with Gasteiger partial charge in [0.1, 0.15) is 5.01 Å². The number of nitrogens with two attached hydrogens (primary N) is 1. The summed E-state index contributed by atoms with van der Waals surface area (Å²) in [5, 5.41) is 3.18. The van der Waals surface area contributed by atoms with E-state index in [-0.39, 0.29) is 29.4 Å². The Balaban J connectivity index is 0.00000220. The van der Waals surface area contributed by atoms with Crippen LogP contribution in [0.25, 0.3) is 0 Å². The Kier molecular flexibility index (Phi) is 7.39. The van der Waals surface area contributed by atoms with Crippen molar-refractivity contribution in [2.24, 2.45) is 10.7 Å². The summed E-state index contributed by atoms with van der Waals surface area (Å²) in [6, 6.07) is 0. The van der Waals surface area contributed by atoms with E-state index < -0.39 is 0 Å². The molecule has 2 N–H and O–H groups in total. The topological polar surface area (TPSA) is 54.5 Å². The highest BCUT2D eigenvalue weighted by atomic mass is 127. The van der Waals surface area contributed by atoms with E-state index in [1.807, 2.05) is 0 Å². The van der Waals surface area contributed by atoms with E-state index in [9.17, 15) is 0 Å². The maximum Gasteiger partial charge on any atom is 0.191 e. The lowest BCUT2D eigenvalue weighted by Gasteiger charge is -2.20. The van der Waals surface area contributed by atoms with Gasteiger partial charge in [-0.25, -0.2) is 9.98 Å². The fourth-order valence-corrected chi connectivity index (χ4v) is 3.22. The average Bonchev–Trinajstić information content (AvgIpc) is 2.70. The molecule has 1 aliphatic heterocycles. The smallest absolute Gasteiger partial charge is 0.191 e. The molecule has 1 aromatic rings. The quantitative estimate of drug-likeness (QED) is 0.449. The molecule has 2 heterocycles.